The molecule has 0 aliphatic rings. The van der Waals surface area contributed by atoms with E-state index in [1.807, 2.05) is 41.5 Å². The van der Waals surface area contributed by atoms with E-state index in [0.717, 1.165) is 12.2 Å². The van der Waals surface area contributed by atoms with Crippen molar-refractivity contribution in [3.05, 3.63) is 84.7 Å². The van der Waals surface area contributed by atoms with Gasteiger partial charge in [0.05, 0.1) is 0 Å². The lowest BCUT2D eigenvalue weighted by atomic mass is 10.2. The summed E-state index contributed by atoms with van der Waals surface area (Å²) in [4.78, 5) is 0. The van der Waals surface area contributed by atoms with Crippen LogP contribution in [0.3, 0.4) is 0 Å². The molecule has 0 N–H and O–H groups in total. The highest BCUT2D eigenvalue weighted by Crippen LogP contribution is 2.07. The van der Waals surface area contributed by atoms with Gasteiger partial charge in [0.15, 0.2) is 0 Å². The van der Waals surface area contributed by atoms with Crippen LogP contribution >= 0.6 is 0 Å². The van der Waals surface area contributed by atoms with Crippen molar-refractivity contribution in [2.45, 2.75) is 6.54 Å². The Hall–Kier alpha value is -2.13. The fourth-order valence-corrected chi connectivity index (χ4v) is 2.05. The summed E-state index contributed by atoms with van der Waals surface area (Å²) in [6, 6.07) is 16.8. The standard InChI is InChI=1S/C16H14FN2.ClH/c17-15-6-8-16(9-7-15)19-11-10-18(13-19)12-14-4-2-1-3-5-14;/h1-11,13H,12H2;1H/q+1;/p-1. The maximum atomic E-state index is 12.9. The van der Waals surface area contributed by atoms with Crippen molar-refractivity contribution in [2.75, 3.05) is 0 Å². The Morgan fingerprint density at radius 1 is 0.950 bits per heavy atom. The van der Waals surface area contributed by atoms with E-state index in [0.29, 0.717) is 0 Å². The number of imidazole rings is 1. The quantitative estimate of drug-likeness (QED) is 0.598. The van der Waals surface area contributed by atoms with Crippen LogP contribution in [0, 0.1) is 5.82 Å². The predicted molar refractivity (Wildman–Crippen MR) is 71.5 cm³/mol. The van der Waals surface area contributed by atoms with Crippen LogP contribution in [0.25, 0.3) is 5.69 Å². The molecule has 0 unspecified atom stereocenters. The monoisotopic (exact) mass is 288 g/mol. The Morgan fingerprint density at radius 3 is 2.35 bits per heavy atom. The molecule has 2 nitrogen and oxygen atoms in total. The summed E-state index contributed by atoms with van der Waals surface area (Å²) in [6.45, 7) is 0.828. The minimum absolute atomic E-state index is 0. The normalized spacial score (nSPS) is 10.1. The first-order valence-corrected chi connectivity index (χ1v) is 6.18. The van der Waals surface area contributed by atoms with Crippen molar-refractivity contribution in [1.29, 1.82) is 0 Å². The van der Waals surface area contributed by atoms with Gasteiger partial charge >= 0.3 is 0 Å². The molecule has 0 saturated heterocycles. The maximum Gasteiger partial charge on any atom is 0.249 e. The van der Waals surface area contributed by atoms with Gasteiger partial charge in [0, 0.05) is 0 Å². The minimum atomic E-state index is -0.215. The van der Waals surface area contributed by atoms with Crippen LogP contribution in [0.4, 0.5) is 4.39 Å². The molecule has 0 radical (unpaired) electrons. The van der Waals surface area contributed by atoms with Gasteiger partial charge in [-0.1, -0.05) is 30.3 Å². The third kappa shape index (κ3) is 3.25. The van der Waals surface area contributed by atoms with Crippen molar-refractivity contribution in [1.82, 2.24) is 4.57 Å². The zero-order valence-corrected chi connectivity index (χ0v) is 11.5. The summed E-state index contributed by atoms with van der Waals surface area (Å²) in [6.07, 6.45) is 5.98. The molecule has 0 aliphatic carbocycles. The summed E-state index contributed by atoms with van der Waals surface area (Å²) >= 11 is 0. The van der Waals surface area contributed by atoms with Gasteiger partial charge in [-0.3, -0.25) is 0 Å². The molecule has 20 heavy (non-hydrogen) atoms. The van der Waals surface area contributed by atoms with Gasteiger partial charge in [0.1, 0.15) is 30.4 Å². The molecule has 4 heteroatoms. The average molecular weight is 289 g/mol. The van der Waals surface area contributed by atoms with E-state index in [1.165, 1.54) is 17.7 Å². The molecule has 0 saturated carbocycles. The summed E-state index contributed by atoms with van der Waals surface area (Å²) in [5.74, 6) is -0.215. The number of hydrogen-bond acceptors (Lipinski definition) is 0. The second kappa shape index (κ2) is 6.35. The molecule has 0 amide bonds. The van der Waals surface area contributed by atoms with Crippen LogP contribution in [0.1, 0.15) is 5.56 Å². The topological polar surface area (TPSA) is 8.81 Å². The van der Waals surface area contributed by atoms with Crippen LogP contribution in [0.15, 0.2) is 73.3 Å². The second-order valence-electron chi connectivity index (χ2n) is 4.46. The fourth-order valence-electron chi connectivity index (χ4n) is 2.05. The smallest absolute Gasteiger partial charge is 0.249 e. The largest absolute Gasteiger partial charge is 1.00 e. The number of aromatic nitrogens is 2. The molecule has 1 aromatic heterocycles. The highest BCUT2D eigenvalue weighted by atomic mass is 35.5. The highest BCUT2D eigenvalue weighted by Gasteiger charge is 2.06. The van der Waals surface area contributed by atoms with Crippen LogP contribution in [-0.4, -0.2) is 4.57 Å². The Morgan fingerprint density at radius 2 is 1.65 bits per heavy atom. The van der Waals surface area contributed by atoms with Gasteiger partial charge in [-0.15, -0.1) is 0 Å². The zero-order chi connectivity index (χ0) is 13.1. The molecule has 2 aromatic carbocycles. The molecular weight excluding hydrogens is 275 g/mol. The van der Waals surface area contributed by atoms with Crippen molar-refractivity contribution < 1.29 is 21.4 Å². The third-order valence-electron chi connectivity index (χ3n) is 3.02. The van der Waals surface area contributed by atoms with E-state index >= 15 is 0 Å². The van der Waals surface area contributed by atoms with Crippen molar-refractivity contribution >= 4 is 0 Å². The molecule has 1 heterocycles. The average Bonchev–Trinajstić information content (AvgIpc) is 2.89. The van der Waals surface area contributed by atoms with E-state index in [2.05, 4.69) is 16.7 Å². The zero-order valence-electron chi connectivity index (χ0n) is 10.8. The molecule has 0 aliphatic heterocycles. The van der Waals surface area contributed by atoms with Crippen LogP contribution in [0.5, 0.6) is 0 Å². The number of halogens is 2. The Labute approximate surface area is 123 Å². The second-order valence-corrected chi connectivity index (χ2v) is 4.46. The molecule has 0 spiro atoms. The van der Waals surface area contributed by atoms with Crippen molar-refractivity contribution in [3.63, 3.8) is 0 Å². The number of hydrogen-bond donors (Lipinski definition) is 0. The van der Waals surface area contributed by atoms with Gasteiger partial charge < -0.3 is 12.4 Å². The summed E-state index contributed by atoms with van der Waals surface area (Å²) in [5.41, 5.74) is 2.21. The molecule has 102 valence electrons. The molecule has 0 fully saturated rings. The summed E-state index contributed by atoms with van der Waals surface area (Å²) in [5, 5.41) is 0. The first kappa shape index (κ1) is 14.3. The van der Waals surface area contributed by atoms with E-state index in [9.17, 15) is 4.39 Å². The van der Waals surface area contributed by atoms with Crippen molar-refractivity contribution in [3.8, 4) is 5.69 Å². The third-order valence-corrected chi connectivity index (χ3v) is 3.02. The Balaban J connectivity index is 0.00000147. The van der Waals surface area contributed by atoms with Gasteiger partial charge in [-0.2, -0.15) is 0 Å². The number of nitrogens with zero attached hydrogens (tertiary/aromatic N) is 2. The van der Waals surface area contributed by atoms with Crippen LogP contribution in [-0.2, 0) is 6.54 Å². The summed E-state index contributed by atoms with van der Waals surface area (Å²) < 4.78 is 17.0. The number of benzene rings is 2. The first-order valence-electron chi connectivity index (χ1n) is 6.18. The molecule has 0 bridgehead atoms. The van der Waals surface area contributed by atoms with Gasteiger partial charge in [0.25, 0.3) is 0 Å². The van der Waals surface area contributed by atoms with E-state index in [-0.39, 0.29) is 18.2 Å². The van der Waals surface area contributed by atoms with Gasteiger partial charge in [0.2, 0.25) is 6.33 Å². The van der Waals surface area contributed by atoms with E-state index < -0.39 is 0 Å². The Kier molecular flexibility index (Phi) is 4.53. The molecule has 3 aromatic rings. The van der Waals surface area contributed by atoms with E-state index in [1.54, 1.807) is 12.1 Å². The van der Waals surface area contributed by atoms with Gasteiger partial charge in [-0.25, -0.2) is 13.5 Å². The SMILES string of the molecule is Fc1ccc(-n2cc[n+](Cc3ccccc3)c2)cc1.[Cl-]. The predicted octanol–water partition coefficient (Wildman–Crippen LogP) is -0.0438. The minimum Gasteiger partial charge on any atom is -1.00 e. The maximum absolute atomic E-state index is 12.9. The van der Waals surface area contributed by atoms with Crippen molar-refractivity contribution in [2.24, 2.45) is 0 Å². The van der Waals surface area contributed by atoms with Gasteiger partial charge in [-0.05, 0) is 29.8 Å². The van der Waals surface area contributed by atoms with Crippen LogP contribution in [0.2, 0.25) is 0 Å². The molecule has 0 atom stereocenters. The molecule has 3 rings (SSSR count). The fraction of sp³-hybridized carbons (Fsp3) is 0.0625. The van der Waals surface area contributed by atoms with E-state index in [4.69, 9.17) is 0 Å². The van der Waals surface area contributed by atoms with Crippen LogP contribution < -0.4 is 17.0 Å². The summed E-state index contributed by atoms with van der Waals surface area (Å²) in [7, 11) is 0. The highest BCUT2D eigenvalue weighted by molar-refractivity contribution is 5.30. The number of rotatable bonds is 3. The lowest BCUT2D eigenvalue weighted by molar-refractivity contribution is -0.687. The first-order chi connectivity index (χ1) is 9.31. The Bertz CT molecular complexity index is 662. The lowest BCUT2D eigenvalue weighted by Gasteiger charge is -1.97. The molecular formula is C16H14ClFN2. The lowest BCUT2D eigenvalue weighted by Crippen LogP contribution is -3.00.